The molecule has 0 bridgehead atoms. The van der Waals surface area contributed by atoms with Gasteiger partial charge in [-0.15, -0.1) is 0 Å². The first-order chi connectivity index (χ1) is 11.2. The van der Waals surface area contributed by atoms with Gasteiger partial charge in [-0.3, -0.25) is 9.59 Å². The third-order valence-corrected chi connectivity index (χ3v) is 3.80. The minimum atomic E-state index is -0.162. The molecule has 1 heterocycles. The Morgan fingerprint density at radius 2 is 2.17 bits per heavy atom. The van der Waals surface area contributed by atoms with Gasteiger partial charge in [0.15, 0.2) is 0 Å². The second-order valence-electron chi connectivity index (χ2n) is 5.56. The van der Waals surface area contributed by atoms with Crippen LogP contribution in [-0.4, -0.2) is 62.8 Å². The lowest BCUT2D eigenvalue weighted by Crippen LogP contribution is -2.51. The number of ether oxygens (including phenoxy) is 2. The molecule has 1 aromatic carbocycles. The molecule has 23 heavy (non-hydrogen) atoms. The van der Waals surface area contributed by atoms with Gasteiger partial charge in [0.25, 0.3) is 0 Å². The predicted molar refractivity (Wildman–Crippen MR) is 86.0 cm³/mol. The number of methoxy groups -OCH3 is 1. The van der Waals surface area contributed by atoms with Crippen LogP contribution < -0.4 is 5.32 Å². The van der Waals surface area contributed by atoms with E-state index in [1.54, 1.807) is 12.0 Å². The maximum Gasteiger partial charge on any atom is 0.248 e. The highest BCUT2D eigenvalue weighted by molar-refractivity contribution is 5.78. The van der Waals surface area contributed by atoms with Crippen LogP contribution in [0.25, 0.3) is 0 Å². The molecule has 126 valence electrons. The average molecular weight is 320 g/mol. The molecule has 1 unspecified atom stereocenters. The Bertz CT molecular complexity index is 507. The van der Waals surface area contributed by atoms with Crippen LogP contribution in [-0.2, 0) is 25.5 Å². The Labute approximate surface area is 136 Å². The van der Waals surface area contributed by atoms with Gasteiger partial charge in [-0.25, -0.2) is 0 Å². The maximum atomic E-state index is 11.9. The number of amides is 2. The number of nitrogens with zero attached hydrogens (tertiary/aromatic N) is 1. The number of hydrogen-bond donors (Lipinski definition) is 1. The number of rotatable bonds is 8. The predicted octanol–water partition coefficient (Wildman–Crippen LogP) is 0.609. The number of carbonyl (C=O) groups is 2. The topological polar surface area (TPSA) is 67.9 Å². The van der Waals surface area contributed by atoms with E-state index in [4.69, 9.17) is 9.47 Å². The summed E-state index contributed by atoms with van der Waals surface area (Å²) in [7, 11) is 1.61. The fourth-order valence-corrected chi connectivity index (χ4v) is 2.44. The van der Waals surface area contributed by atoms with E-state index in [9.17, 15) is 9.59 Å². The average Bonchev–Trinajstić information content (AvgIpc) is 2.59. The Kier molecular flexibility index (Phi) is 7.03. The second kappa shape index (κ2) is 9.27. The monoisotopic (exact) mass is 320 g/mol. The van der Waals surface area contributed by atoms with Gasteiger partial charge in [-0.2, -0.15) is 0 Å². The lowest BCUT2D eigenvalue weighted by Gasteiger charge is -2.32. The van der Waals surface area contributed by atoms with Gasteiger partial charge < -0.3 is 19.7 Å². The van der Waals surface area contributed by atoms with E-state index in [1.165, 1.54) is 0 Å². The molecule has 0 spiro atoms. The summed E-state index contributed by atoms with van der Waals surface area (Å²) in [4.78, 5) is 25.3. The molecule has 1 aliphatic rings. The quantitative estimate of drug-likeness (QED) is 0.762. The molecule has 0 aromatic heterocycles. The van der Waals surface area contributed by atoms with Crippen LogP contribution in [0.15, 0.2) is 30.3 Å². The number of morpholine rings is 1. The van der Waals surface area contributed by atoms with Crippen molar-refractivity contribution in [1.82, 2.24) is 10.2 Å². The fourth-order valence-electron chi connectivity index (χ4n) is 2.44. The fraction of sp³-hybridized carbons (Fsp3) is 0.529. The van der Waals surface area contributed by atoms with Crippen molar-refractivity contribution < 1.29 is 19.1 Å². The summed E-state index contributed by atoms with van der Waals surface area (Å²) >= 11 is 0. The van der Waals surface area contributed by atoms with Gasteiger partial charge in [-0.1, -0.05) is 30.3 Å². The summed E-state index contributed by atoms with van der Waals surface area (Å²) in [6.07, 6.45) is 1.00. The van der Waals surface area contributed by atoms with Crippen molar-refractivity contribution in [3.8, 4) is 0 Å². The molecule has 6 heteroatoms. The summed E-state index contributed by atoms with van der Waals surface area (Å²) in [6, 6.07) is 9.91. The van der Waals surface area contributed by atoms with Crippen molar-refractivity contribution >= 4 is 11.8 Å². The number of nitrogens with one attached hydrogen (secondary N) is 1. The summed E-state index contributed by atoms with van der Waals surface area (Å²) in [5.74, 6) is -0.0356. The Morgan fingerprint density at radius 3 is 2.91 bits per heavy atom. The molecule has 2 amide bonds. The maximum absolute atomic E-state index is 11.9. The first kappa shape index (κ1) is 17.4. The minimum absolute atomic E-state index is 0.00204. The van der Waals surface area contributed by atoms with Crippen LogP contribution in [0.5, 0.6) is 0 Å². The van der Waals surface area contributed by atoms with E-state index in [1.807, 2.05) is 30.3 Å². The highest BCUT2D eigenvalue weighted by Crippen LogP contribution is 2.06. The van der Waals surface area contributed by atoms with E-state index in [-0.39, 0.29) is 24.5 Å². The van der Waals surface area contributed by atoms with Crippen molar-refractivity contribution in [2.45, 2.75) is 18.9 Å². The third kappa shape index (κ3) is 6.00. The Balaban J connectivity index is 1.68. The molecule has 0 saturated carbocycles. The van der Waals surface area contributed by atoms with Gasteiger partial charge in [-0.05, 0) is 12.0 Å². The summed E-state index contributed by atoms with van der Waals surface area (Å²) in [5, 5.41) is 2.88. The molecule has 1 aromatic rings. The van der Waals surface area contributed by atoms with Crippen molar-refractivity contribution in [3.05, 3.63) is 35.9 Å². The molecule has 0 aliphatic carbocycles. The highest BCUT2D eigenvalue weighted by Gasteiger charge is 2.26. The van der Waals surface area contributed by atoms with Crippen LogP contribution in [0.1, 0.15) is 12.0 Å². The lowest BCUT2D eigenvalue weighted by molar-refractivity contribution is -0.149. The molecule has 1 atom stereocenters. The molecular formula is C17H24N2O4. The second-order valence-corrected chi connectivity index (χ2v) is 5.56. The highest BCUT2D eigenvalue weighted by atomic mass is 16.5. The molecule has 1 fully saturated rings. The smallest absolute Gasteiger partial charge is 0.248 e. The van der Waals surface area contributed by atoms with E-state index in [0.717, 1.165) is 12.0 Å². The molecular weight excluding hydrogens is 296 g/mol. The van der Waals surface area contributed by atoms with Crippen molar-refractivity contribution in [1.29, 1.82) is 0 Å². The number of carbonyl (C=O) groups excluding carboxylic acids is 2. The SMILES string of the molecule is COCCN1CC(CNC(=O)CCc2ccccc2)OCC1=O. The molecule has 6 nitrogen and oxygen atoms in total. The van der Waals surface area contributed by atoms with Crippen molar-refractivity contribution in [2.75, 3.05) is 40.0 Å². The summed E-state index contributed by atoms with van der Waals surface area (Å²) < 4.78 is 10.5. The Hall–Kier alpha value is -1.92. The Morgan fingerprint density at radius 1 is 1.39 bits per heavy atom. The van der Waals surface area contributed by atoms with Gasteiger partial charge in [0.1, 0.15) is 6.61 Å². The number of benzene rings is 1. The first-order valence-electron chi connectivity index (χ1n) is 7.88. The molecule has 1 saturated heterocycles. The largest absolute Gasteiger partial charge is 0.383 e. The normalized spacial score (nSPS) is 18.0. The zero-order chi connectivity index (χ0) is 16.5. The van der Waals surface area contributed by atoms with Crippen molar-refractivity contribution in [2.24, 2.45) is 0 Å². The lowest BCUT2D eigenvalue weighted by atomic mass is 10.1. The van der Waals surface area contributed by atoms with E-state index < -0.39 is 0 Å². The van der Waals surface area contributed by atoms with Crippen LogP contribution in [0, 0.1) is 0 Å². The van der Waals surface area contributed by atoms with Gasteiger partial charge in [0.05, 0.1) is 12.7 Å². The summed E-state index contributed by atoms with van der Waals surface area (Å²) in [6.45, 7) is 2.03. The van der Waals surface area contributed by atoms with Crippen LogP contribution in [0.4, 0.5) is 0 Å². The number of aryl methyl sites for hydroxylation is 1. The third-order valence-electron chi connectivity index (χ3n) is 3.80. The zero-order valence-electron chi connectivity index (χ0n) is 13.5. The van der Waals surface area contributed by atoms with Gasteiger partial charge in [0.2, 0.25) is 11.8 Å². The summed E-state index contributed by atoms with van der Waals surface area (Å²) in [5.41, 5.74) is 1.15. The van der Waals surface area contributed by atoms with E-state index >= 15 is 0 Å². The molecule has 2 rings (SSSR count). The number of hydrogen-bond acceptors (Lipinski definition) is 4. The standard InChI is InChI=1S/C17H24N2O4/c1-22-10-9-19-12-15(23-13-17(19)21)11-18-16(20)8-7-14-5-3-2-4-6-14/h2-6,15H,7-13H2,1H3,(H,18,20). The van der Waals surface area contributed by atoms with Crippen molar-refractivity contribution in [3.63, 3.8) is 0 Å². The van der Waals surface area contributed by atoms with Crippen LogP contribution in [0.3, 0.4) is 0 Å². The molecule has 1 aliphatic heterocycles. The van der Waals surface area contributed by atoms with E-state index in [0.29, 0.717) is 32.7 Å². The van der Waals surface area contributed by atoms with E-state index in [2.05, 4.69) is 5.32 Å². The molecule has 0 radical (unpaired) electrons. The zero-order valence-corrected chi connectivity index (χ0v) is 13.5. The van der Waals surface area contributed by atoms with Gasteiger partial charge >= 0.3 is 0 Å². The molecule has 1 N–H and O–H groups in total. The van der Waals surface area contributed by atoms with Crippen LogP contribution in [0.2, 0.25) is 0 Å². The first-order valence-corrected chi connectivity index (χ1v) is 7.88. The van der Waals surface area contributed by atoms with Gasteiger partial charge in [0, 0.05) is 33.2 Å². The van der Waals surface area contributed by atoms with Crippen LogP contribution >= 0.6 is 0 Å². The minimum Gasteiger partial charge on any atom is -0.383 e.